The number of anilines is 1. The largest absolute Gasteiger partial charge is 0.490 e. The number of benzene rings is 3. The van der Waals surface area contributed by atoms with Gasteiger partial charge in [0.25, 0.3) is 0 Å². The van der Waals surface area contributed by atoms with Gasteiger partial charge in [-0.25, -0.2) is 14.4 Å². The Morgan fingerprint density at radius 1 is 0.750 bits per heavy atom. The monoisotopic (exact) mass is 659 g/mol. The summed E-state index contributed by atoms with van der Waals surface area (Å²) in [6, 6.07) is 23.7. The molecule has 0 heterocycles. The van der Waals surface area contributed by atoms with Crippen LogP contribution in [0.15, 0.2) is 84.9 Å². The maximum absolute atomic E-state index is 12.0. The molecule has 0 fully saturated rings. The lowest BCUT2D eigenvalue weighted by molar-refractivity contribution is -0.134. The van der Waals surface area contributed by atoms with E-state index in [0.29, 0.717) is 31.8 Å². The Morgan fingerprint density at radius 2 is 1.25 bits per heavy atom. The fourth-order valence-corrected chi connectivity index (χ4v) is 4.38. The van der Waals surface area contributed by atoms with Crippen LogP contribution in [0.25, 0.3) is 12.2 Å². The standard InChI is InChI=1S/C34H45N3O3.C4H4O4/c1-33(2,3)29-21-26(18-17-25-13-9-7-10-14-25)22-30(34(4,5)6)31(29)40-24-28(38)23-35-19-20-36-32(39)37-27-15-11-8-12-16-27;5-3(6)1-2-4(7)8/h7-18,21-22,28,35,38H,19-20,23-24H2,1-6H3,(H2,36,37,39);1-2H,(H,5,6)(H,7,8)/b18-17+;2-1-. The number of ether oxygens (including phenoxy) is 1. The lowest BCUT2D eigenvalue weighted by Crippen LogP contribution is -2.38. The van der Waals surface area contributed by atoms with Gasteiger partial charge in [0.2, 0.25) is 0 Å². The number of nitrogens with one attached hydrogen (secondary N) is 3. The van der Waals surface area contributed by atoms with Crippen LogP contribution in [0.5, 0.6) is 5.75 Å². The Kier molecular flexibility index (Phi) is 15.6. The molecule has 10 nitrogen and oxygen atoms in total. The molecule has 3 rings (SSSR count). The van der Waals surface area contributed by atoms with Gasteiger partial charge in [-0.05, 0) is 46.2 Å². The van der Waals surface area contributed by atoms with E-state index in [9.17, 15) is 19.5 Å². The zero-order valence-electron chi connectivity index (χ0n) is 28.6. The van der Waals surface area contributed by atoms with E-state index in [1.165, 1.54) is 0 Å². The Hall–Kier alpha value is -4.93. The second-order valence-electron chi connectivity index (χ2n) is 13.1. The predicted octanol–water partition coefficient (Wildman–Crippen LogP) is 6.31. The molecule has 2 amide bonds. The van der Waals surface area contributed by atoms with Crippen LogP contribution in [0.4, 0.5) is 10.5 Å². The number of urea groups is 1. The van der Waals surface area contributed by atoms with Gasteiger partial charge in [0, 0.05) is 48.6 Å². The predicted molar refractivity (Wildman–Crippen MR) is 191 cm³/mol. The van der Waals surface area contributed by atoms with Crippen LogP contribution >= 0.6 is 0 Å². The highest BCUT2D eigenvalue weighted by Gasteiger charge is 2.28. The first-order valence-corrected chi connectivity index (χ1v) is 15.7. The third kappa shape index (κ3) is 15.1. The highest BCUT2D eigenvalue weighted by Crippen LogP contribution is 2.41. The van der Waals surface area contributed by atoms with E-state index >= 15 is 0 Å². The number of carboxylic acids is 2. The minimum atomic E-state index is -1.26. The molecule has 48 heavy (non-hydrogen) atoms. The summed E-state index contributed by atoms with van der Waals surface area (Å²) in [7, 11) is 0. The molecule has 3 aromatic rings. The minimum absolute atomic E-state index is 0.152. The van der Waals surface area contributed by atoms with Gasteiger partial charge in [0.05, 0.1) is 0 Å². The van der Waals surface area contributed by atoms with Crippen LogP contribution in [0, 0.1) is 0 Å². The van der Waals surface area contributed by atoms with Gasteiger partial charge >= 0.3 is 18.0 Å². The Morgan fingerprint density at radius 3 is 1.75 bits per heavy atom. The first kappa shape index (κ1) is 39.2. The average molecular weight is 660 g/mol. The van der Waals surface area contributed by atoms with Crippen LogP contribution in [-0.2, 0) is 20.4 Å². The van der Waals surface area contributed by atoms with Crippen molar-refractivity contribution in [1.82, 2.24) is 10.6 Å². The third-order valence-electron chi connectivity index (χ3n) is 6.78. The number of carbonyl (C=O) groups is 3. The molecule has 0 bridgehead atoms. The van der Waals surface area contributed by atoms with Crippen molar-refractivity contribution in [1.29, 1.82) is 0 Å². The lowest BCUT2D eigenvalue weighted by Gasteiger charge is -2.31. The van der Waals surface area contributed by atoms with Gasteiger partial charge in [0.1, 0.15) is 18.5 Å². The first-order chi connectivity index (χ1) is 22.6. The Bertz CT molecular complexity index is 1470. The summed E-state index contributed by atoms with van der Waals surface area (Å²) in [5, 5.41) is 35.1. The van der Waals surface area contributed by atoms with Crippen LogP contribution in [0.2, 0.25) is 0 Å². The normalized spacial score (nSPS) is 12.2. The van der Waals surface area contributed by atoms with Crippen LogP contribution in [-0.4, -0.2) is 65.6 Å². The molecule has 0 aromatic heterocycles. The van der Waals surface area contributed by atoms with Crippen molar-refractivity contribution in [2.24, 2.45) is 0 Å². The fraction of sp³-hybridized carbons (Fsp3) is 0.342. The summed E-state index contributed by atoms with van der Waals surface area (Å²) in [5.41, 5.74) is 4.94. The third-order valence-corrected chi connectivity index (χ3v) is 6.78. The summed E-state index contributed by atoms with van der Waals surface area (Å²) < 4.78 is 6.37. The number of rotatable bonds is 13. The zero-order chi connectivity index (χ0) is 35.7. The van der Waals surface area contributed by atoms with Crippen LogP contribution in [0.3, 0.4) is 0 Å². The molecule has 6 N–H and O–H groups in total. The summed E-state index contributed by atoms with van der Waals surface area (Å²) >= 11 is 0. The molecular weight excluding hydrogens is 610 g/mol. The molecule has 0 aliphatic heterocycles. The van der Waals surface area contributed by atoms with E-state index in [-0.39, 0.29) is 23.5 Å². The van der Waals surface area contributed by atoms with Crippen molar-refractivity contribution in [3.63, 3.8) is 0 Å². The van der Waals surface area contributed by atoms with E-state index in [1.807, 2.05) is 48.5 Å². The van der Waals surface area contributed by atoms with Gasteiger partial charge < -0.3 is 36.0 Å². The van der Waals surface area contributed by atoms with Crippen molar-refractivity contribution >= 4 is 35.8 Å². The van der Waals surface area contributed by atoms with E-state index in [2.05, 4.69) is 93.9 Å². The minimum Gasteiger partial charge on any atom is -0.490 e. The molecule has 0 saturated carbocycles. The van der Waals surface area contributed by atoms with Crippen molar-refractivity contribution in [2.75, 3.05) is 31.6 Å². The van der Waals surface area contributed by atoms with E-state index in [1.54, 1.807) is 0 Å². The van der Waals surface area contributed by atoms with Gasteiger partial charge in [0.15, 0.2) is 0 Å². The zero-order valence-corrected chi connectivity index (χ0v) is 28.6. The van der Waals surface area contributed by atoms with Gasteiger partial charge in [-0.1, -0.05) is 102 Å². The molecule has 0 aliphatic carbocycles. The topological polar surface area (TPSA) is 157 Å². The lowest BCUT2D eigenvalue weighted by atomic mass is 9.78. The molecule has 1 unspecified atom stereocenters. The summed E-state index contributed by atoms with van der Waals surface area (Å²) in [6.07, 6.45) is 4.70. The van der Waals surface area contributed by atoms with Crippen molar-refractivity contribution < 1.29 is 34.4 Å². The molecule has 258 valence electrons. The highest BCUT2D eigenvalue weighted by atomic mass is 16.5. The smallest absolute Gasteiger partial charge is 0.328 e. The quantitative estimate of drug-likeness (QED) is 0.0708. The number of aliphatic hydroxyl groups excluding tert-OH is 1. The van der Waals surface area contributed by atoms with Crippen molar-refractivity contribution in [2.45, 2.75) is 58.5 Å². The number of amides is 2. The van der Waals surface area contributed by atoms with Gasteiger partial charge in [-0.3, -0.25) is 0 Å². The summed E-state index contributed by atoms with van der Waals surface area (Å²) in [6.45, 7) is 14.6. The molecule has 3 aromatic carbocycles. The molecule has 0 aliphatic rings. The van der Waals surface area contributed by atoms with Crippen LogP contribution in [0.1, 0.15) is 63.8 Å². The Balaban J connectivity index is 0.000000886. The average Bonchev–Trinajstić information content (AvgIpc) is 3.02. The molecule has 0 radical (unpaired) electrons. The van der Waals surface area contributed by atoms with Crippen molar-refractivity contribution in [3.8, 4) is 5.75 Å². The number of carbonyl (C=O) groups excluding carboxylic acids is 1. The van der Waals surface area contributed by atoms with Crippen molar-refractivity contribution in [3.05, 3.63) is 107 Å². The number of hydrogen-bond donors (Lipinski definition) is 6. The van der Waals surface area contributed by atoms with Crippen LogP contribution < -0.4 is 20.7 Å². The maximum atomic E-state index is 12.0. The fourth-order valence-electron chi connectivity index (χ4n) is 4.38. The summed E-state index contributed by atoms with van der Waals surface area (Å²) in [5.74, 6) is -1.67. The second kappa shape index (κ2) is 19.0. The second-order valence-corrected chi connectivity index (χ2v) is 13.1. The first-order valence-electron chi connectivity index (χ1n) is 15.7. The Labute approximate surface area is 283 Å². The number of aliphatic carboxylic acids is 2. The molecular formula is C38H49N3O7. The highest BCUT2D eigenvalue weighted by molar-refractivity contribution is 5.90. The summed E-state index contributed by atoms with van der Waals surface area (Å²) in [4.78, 5) is 31.1. The maximum Gasteiger partial charge on any atom is 0.328 e. The van der Waals surface area contributed by atoms with Gasteiger partial charge in [-0.2, -0.15) is 0 Å². The van der Waals surface area contributed by atoms with E-state index < -0.39 is 18.0 Å². The van der Waals surface area contributed by atoms with E-state index in [4.69, 9.17) is 14.9 Å². The SMILES string of the molecule is CC(C)(C)c1cc(/C=C/c2ccccc2)cc(C(C)(C)C)c1OCC(O)CNCCNC(=O)Nc1ccccc1.O=C(O)/C=C\C(=O)O. The molecule has 10 heteroatoms. The van der Waals surface area contributed by atoms with E-state index in [0.717, 1.165) is 33.7 Å². The number of hydrogen-bond acceptors (Lipinski definition) is 6. The molecule has 0 spiro atoms. The number of para-hydroxylation sites is 1. The number of aliphatic hydroxyl groups is 1. The molecule has 1 atom stereocenters. The van der Waals surface area contributed by atoms with Gasteiger partial charge in [-0.15, -0.1) is 0 Å². The number of carboxylic acid groups (broad SMARTS) is 2. The molecule has 0 saturated heterocycles.